The second kappa shape index (κ2) is 6.05. The van der Waals surface area contributed by atoms with Crippen molar-refractivity contribution in [2.75, 3.05) is 0 Å². The van der Waals surface area contributed by atoms with E-state index < -0.39 is 4.92 Å². The molecular weight excluding hydrogens is 339 g/mol. The van der Waals surface area contributed by atoms with Crippen molar-refractivity contribution in [3.63, 3.8) is 0 Å². The Labute approximate surface area is 135 Å². The minimum Gasteiger partial charge on any atom is -0.437 e. The van der Waals surface area contributed by atoms with Gasteiger partial charge in [-0.25, -0.2) is 0 Å². The Balaban J connectivity index is 2.43. The SMILES string of the molecule is Cc1cc([N+](=O)[O-])c(C)cc1Oc1nc(Cl)c(Cl)cc1Cl. The van der Waals surface area contributed by atoms with Gasteiger partial charge in [-0.2, -0.15) is 4.98 Å². The number of rotatable bonds is 3. The molecular formula is C13H9Cl3N2O3. The monoisotopic (exact) mass is 346 g/mol. The molecule has 1 aromatic heterocycles. The third-order valence-electron chi connectivity index (χ3n) is 2.75. The van der Waals surface area contributed by atoms with Crippen molar-refractivity contribution in [2.24, 2.45) is 0 Å². The highest BCUT2D eigenvalue weighted by Gasteiger charge is 2.16. The van der Waals surface area contributed by atoms with Crippen LogP contribution in [0.5, 0.6) is 11.6 Å². The molecule has 1 heterocycles. The zero-order valence-corrected chi connectivity index (χ0v) is 13.3. The van der Waals surface area contributed by atoms with Crippen molar-refractivity contribution in [2.45, 2.75) is 13.8 Å². The van der Waals surface area contributed by atoms with Crippen LogP contribution in [0, 0.1) is 24.0 Å². The first-order chi connectivity index (χ1) is 9.79. The van der Waals surface area contributed by atoms with Crippen LogP contribution in [0.15, 0.2) is 18.2 Å². The van der Waals surface area contributed by atoms with Crippen LogP contribution in [-0.4, -0.2) is 9.91 Å². The van der Waals surface area contributed by atoms with Crippen molar-refractivity contribution in [3.05, 3.63) is 54.6 Å². The molecule has 110 valence electrons. The van der Waals surface area contributed by atoms with Crippen LogP contribution in [-0.2, 0) is 0 Å². The van der Waals surface area contributed by atoms with Gasteiger partial charge >= 0.3 is 0 Å². The summed E-state index contributed by atoms with van der Waals surface area (Å²) in [6.45, 7) is 3.31. The standard InChI is InChI=1S/C13H9Cl3N2O3/c1-6-4-11(7(2)3-10(6)18(19)20)21-13-9(15)5-8(14)12(16)17-13/h3-5H,1-2H3. The Kier molecular flexibility index (Phi) is 4.56. The van der Waals surface area contributed by atoms with E-state index in [0.717, 1.165) is 0 Å². The number of hydrogen-bond donors (Lipinski definition) is 0. The summed E-state index contributed by atoms with van der Waals surface area (Å²) < 4.78 is 5.58. The maximum Gasteiger partial charge on any atom is 0.272 e. The molecule has 21 heavy (non-hydrogen) atoms. The number of nitro benzene ring substituents is 1. The molecule has 2 rings (SSSR count). The van der Waals surface area contributed by atoms with E-state index in [-0.39, 0.29) is 26.8 Å². The van der Waals surface area contributed by atoms with Gasteiger partial charge in [0.15, 0.2) is 5.15 Å². The normalized spacial score (nSPS) is 10.5. The molecule has 0 atom stereocenters. The molecule has 0 bridgehead atoms. The maximum atomic E-state index is 10.9. The molecule has 2 aromatic rings. The molecule has 0 radical (unpaired) electrons. The fraction of sp³-hybridized carbons (Fsp3) is 0.154. The summed E-state index contributed by atoms with van der Waals surface area (Å²) in [5, 5.41) is 11.3. The van der Waals surface area contributed by atoms with E-state index in [9.17, 15) is 10.1 Å². The van der Waals surface area contributed by atoms with Crippen molar-refractivity contribution < 1.29 is 9.66 Å². The number of aryl methyl sites for hydroxylation is 2. The van der Waals surface area contributed by atoms with Gasteiger partial charge in [-0.3, -0.25) is 10.1 Å². The van der Waals surface area contributed by atoms with E-state index in [1.54, 1.807) is 19.9 Å². The fourth-order valence-corrected chi connectivity index (χ4v) is 2.21. The first-order valence-electron chi connectivity index (χ1n) is 5.74. The third-order valence-corrected chi connectivity index (χ3v) is 3.70. The number of aromatic nitrogens is 1. The summed E-state index contributed by atoms with van der Waals surface area (Å²) in [5.74, 6) is 0.494. The zero-order chi connectivity index (χ0) is 15.7. The van der Waals surface area contributed by atoms with Crippen LogP contribution in [0.1, 0.15) is 11.1 Å². The molecule has 0 unspecified atom stereocenters. The predicted molar refractivity (Wildman–Crippen MR) is 81.9 cm³/mol. The largest absolute Gasteiger partial charge is 0.437 e. The van der Waals surface area contributed by atoms with Crippen molar-refractivity contribution in [1.82, 2.24) is 4.98 Å². The Morgan fingerprint density at radius 1 is 1.10 bits per heavy atom. The number of halogens is 3. The summed E-state index contributed by atoms with van der Waals surface area (Å²) in [4.78, 5) is 14.4. The first kappa shape index (κ1) is 15.8. The number of pyridine rings is 1. The number of nitro groups is 1. The second-order valence-electron chi connectivity index (χ2n) is 4.31. The highest BCUT2D eigenvalue weighted by atomic mass is 35.5. The molecule has 0 N–H and O–H groups in total. The van der Waals surface area contributed by atoms with Crippen LogP contribution in [0.3, 0.4) is 0 Å². The average Bonchev–Trinajstić information content (AvgIpc) is 2.39. The van der Waals surface area contributed by atoms with Crippen LogP contribution in [0.4, 0.5) is 5.69 Å². The van der Waals surface area contributed by atoms with Gasteiger partial charge in [0.2, 0.25) is 5.88 Å². The van der Waals surface area contributed by atoms with Gasteiger partial charge < -0.3 is 4.74 Å². The first-order valence-corrected chi connectivity index (χ1v) is 6.88. The quantitative estimate of drug-likeness (QED) is 0.426. The lowest BCUT2D eigenvalue weighted by atomic mass is 10.1. The van der Waals surface area contributed by atoms with Crippen LogP contribution >= 0.6 is 34.8 Å². The lowest BCUT2D eigenvalue weighted by Crippen LogP contribution is -1.97. The van der Waals surface area contributed by atoms with Gasteiger partial charge in [0.05, 0.1) is 9.95 Å². The molecule has 0 saturated heterocycles. The maximum absolute atomic E-state index is 10.9. The Morgan fingerprint density at radius 2 is 1.76 bits per heavy atom. The molecule has 8 heteroatoms. The summed E-state index contributed by atoms with van der Waals surface area (Å²) >= 11 is 17.6. The topological polar surface area (TPSA) is 65.3 Å². The average molecular weight is 348 g/mol. The van der Waals surface area contributed by atoms with E-state index in [0.29, 0.717) is 16.9 Å². The van der Waals surface area contributed by atoms with Crippen molar-refractivity contribution in [1.29, 1.82) is 0 Å². The number of ether oxygens (including phenoxy) is 1. The lowest BCUT2D eigenvalue weighted by molar-refractivity contribution is -0.385. The van der Waals surface area contributed by atoms with Gasteiger partial charge in [0.1, 0.15) is 10.8 Å². The van der Waals surface area contributed by atoms with E-state index in [1.165, 1.54) is 12.1 Å². The zero-order valence-electron chi connectivity index (χ0n) is 11.0. The minimum absolute atomic E-state index is 0.0213. The summed E-state index contributed by atoms with van der Waals surface area (Å²) in [6, 6.07) is 4.39. The summed E-state index contributed by atoms with van der Waals surface area (Å²) in [5.41, 5.74) is 1.07. The summed E-state index contributed by atoms with van der Waals surface area (Å²) in [6.07, 6.45) is 0. The number of nitrogens with zero attached hydrogens (tertiary/aromatic N) is 2. The lowest BCUT2D eigenvalue weighted by Gasteiger charge is -2.11. The predicted octanol–water partition coefficient (Wildman–Crippen LogP) is 5.36. The van der Waals surface area contributed by atoms with Gasteiger partial charge in [-0.15, -0.1) is 0 Å². The van der Waals surface area contributed by atoms with E-state index >= 15 is 0 Å². The highest BCUT2D eigenvalue weighted by molar-refractivity contribution is 6.42. The second-order valence-corrected chi connectivity index (χ2v) is 5.48. The van der Waals surface area contributed by atoms with E-state index in [2.05, 4.69) is 4.98 Å². The van der Waals surface area contributed by atoms with E-state index in [4.69, 9.17) is 39.5 Å². The molecule has 0 fully saturated rings. The molecule has 0 aliphatic carbocycles. The van der Waals surface area contributed by atoms with Crippen molar-refractivity contribution >= 4 is 40.5 Å². The molecule has 0 spiro atoms. The van der Waals surface area contributed by atoms with Crippen LogP contribution < -0.4 is 4.74 Å². The fourth-order valence-electron chi connectivity index (χ4n) is 1.69. The third kappa shape index (κ3) is 3.37. The molecule has 0 aliphatic heterocycles. The Bertz CT molecular complexity index is 735. The smallest absolute Gasteiger partial charge is 0.272 e. The summed E-state index contributed by atoms with van der Waals surface area (Å²) in [7, 11) is 0. The Hall–Kier alpha value is -1.56. The molecule has 1 aromatic carbocycles. The molecule has 5 nitrogen and oxygen atoms in total. The van der Waals surface area contributed by atoms with E-state index in [1.807, 2.05) is 0 Å². The molecule has 0 aliphatic rings. The van der Waals surface area contributed by atoms with Crippen LogP contribution in [0.2, 0.25) is 15.2 Å². The van der Waals surface area contributed by atoms with Gasteiger partial charge in [0, 0.05) is 11.6 Å². The highest BCUT2D eigenvalue weighted by Crippen LogP contribution is 2.36. The van der Waals surface area contributed by atoms with Crippen molar-refractivity contribution in [3.8, 4) is 11.6 Å². The van der Waals surface area contributed by atoms with Gasteiger partial charge in [-0.1, -0.05) is 34.8 Å². The number of benzene rings is 1. The Morgan fingerprint density at radius 3 is 2.38 bits per heavy atom. The number of hydrogen-bond acceptors (Lipinski definition) is 4. The minimum atomic E-state index is -0.448. The molecule has 0 amide bonds. The van der Waals surface area contributed by atoms with Gasteiger partial charge in [0.25, 0.3) is 5.69 Å². The molecule has 0 saturated carbocycles. The van der Waals surface area contributed by atoms with Gasteiger partial charge in [-0.05, 0) is 31.5 Å². The van der Waals surface area contributed by atoms with Crippen LogP contribution in [0.25, 0.3) is 0 Å².